The molecule has 7 nitrogen and oxygen atoms in total. The number of phenolic OH excluding ortho intramolecular Hbond substituents is 1. The zero-order valence-electron chi connectivity index (χ0n) is 20.8. The lowest BCUT2D eigenvalue weighted by atomic mass is 10.0. The first-order valence-corrected chi connectivity index (χ1v) is 13.3. The summed E-state index contributed by atoms with van der Waals surface area (Å²) in [7, 11) is 0. The predicted octanol–water partition coefficient (Wildman–Crippen LogP) is 7.37. The maximum atomic E-state index is 13.2. The SMILES string of the molecule is O=C(Nc1ccc(O)c(-c2cc(C3CCCC3)n(C(=O)NCc3ccc(F)cc3)n2)c1)c1c(Cl)cccc1Cl. The number of aromatic hydroxyl groups is 1. The number of hydrogen-bond donors (Lipinski definition) is 3. The topological polar surface area (TPSA) is 96.2 Å². The van der Waals surface area contributed by atoms with E-state index in [0.29, 0.717) is 16.9 Å². The number of anilines is 1. The van der Waals surface area contributed by atoms with Crippen molar-refractivity contribution in [3.05, 3.63) is 99.4 Å². The summed E-state index contributed by atoms with van der Waals surface area (Å²) in [6.45, 7) is 0.204. The molecule has 4 aromatic rings. The molecule has 2 amide bonds. The molecular formula is C29H25Cl2FN4O3. The number of carbonyl (C=O) groups excluding carboxylic acids is 2. The van der Waals surface area contributed by atoms with Crippen LogP contribution in [0.4, 0.5) is 14.9 Å². The van der Waals surface area contributed by atoms with Crippen LogP contribution in [0.1, 0.15) is 53.2 Å². The maximum Gasteiger partial charge on any atom is 0.342 e. The quantitative estimate of drug-likeness (QED) is 0.212. The average Bonchev–Trinajstić information content (AvgIpc) is 3.60. The Morgan fingerprint density at radius 3 is 2.38 bits per heavy atom. The van der Waals surface area contributed by atoms with Crippen molar-refractivity contribution in [2.24, 2.45) is 0 Å². The Hall–Kier alpha value is -3.88. The molecule has 3 aromatic carbocycles. The van der Waals surface area contributed by atoms with E-state index in [0.717, 1.165) is 36.9 Å². The minimum atomic E-state index is -0.500. The van der Waals surface area contributed by atoms with E-state index in [2.05, 4.69) is 15.7 Å². The second-order valence-corrected chi connectivity index (χ2v) is 10.2. The van der Waals surface area contributed by atoms with Crippen molar-refractivity contribution in [2.45, 2.75) is 38.1 Å². The Balaban J connectivity index is 1.43. The first kappa shape index (κ1) is 26.7. The summed E-state index contributed by atoms with van der Waals surface area (Å²) >= 11 is 12.3. The molecule has 10 heteroatoms. The van der Waals surface area contributed by atoms with Gasteiger partial charge >= 0.3 is 6.03 Å². The van der Waals surface area contributed by atoms with Crippen LogP contribution < -0.4 is 10.6 Å². The molecule has 5 rings (SSSR count). The fourth-order valence-electron chi connectivity index (χ4n) is 4.78. The summed E-state index contributed by atoms with van der Waals surface area (Å²) in [5.74, 6) is -0.758. The van der Waals surface area contributed by atoms with Gasteiger partial charge in [-0.1, -0.05) is 54.2 Å². The molecular weight excluding hydrogens is 542 g/mol. The van der Waals surface area contributed by atoms with Crippen LogP contribution in [-0.4, -0.2) is 26.8 Å². The standard InChI is InChI=1S/C29H25Cl2FN4O3/c30-22-6-3-7-23(31)27(22)28(38)34-20-12-13-26(37)21(14-20)24-15-25(18-4-1-2-5-18)36(35-24)29(39)33-16-17-8-10-19(32)11-9-17/h3,6-15,18,37H,1-2,4-5,16H2,(H,33,39)(H,34,38). The third kappa shape index (κ3) is 5.92. The van der Waals surface area contributed by atoms with Gasteiger partial charge in [-0.05, 0) is 66.9 Å². The monoisotopic (exact) mass is 566 g/mol. The van der Waals surface area contributed by atoms with Crippen molar-refractivity contribution in [2.75, 3.05) is 5.32 Å². The van der Waals surface area contributed by atoms with E-state index in [1.165, 1.54) is 22.9 Å². The number of benzene rings is 3. The number of nitrogens with zero attached hydrogens (tertiary/aromatic N) is 2. The Morgan fingerprint density at radius 2 is 1.69 bits per heavy atom. The molecule has 0 bridgehead atoms. The molecule has 200 valence electrons. The van der Waals surface area contributed by atoms with Gasteiger partial charge in [0.05, 0.1) is 27.0 Å². The molecule has 0 radical (unpaired) electrons. The van der Waals surface area contributed by atoms with E-state index in [1.807, 2.05) is 0 Å². The summed E-state index contributed by atoms with van der Waals surface area (Å²) < 4.78 is 14.6. The van der Waals surface area contributed by atoms with Crippen LogP contribution in [0.3, 0.4) is 0 Å². The van der Waals surface area contributed by atoms with E-state index in [-0.39, 0.29) is 39.6 Å². The van der Waals surface area contributed by atoms with Gasteiger partial charge in [0.2, 0.25) is 0 Å². The summed E-state index contributed by atoms with van der Waals surface area (Å²) in [6, 6.07) is 16.6. The average molecular weight is 567 g/mol. The smallest absolute Gasteiger partial charge is 0.342 e. The Labute approximate surface area is 234 Å². The third-order valence-corrected chi connectivity index (χ3v) is 7.41. The molecule has 0 atom stereocenters. The third-order valence-electron chi connectivity index (χ3n) is 6.78. The van der Waals surface area contributed by atoms with E-state index in [1.54, 1.807) is 48.5 Å². The fourth-order valence-corrected chi connectivity index (χ4v) is 5.35. The second kappa shape index (κ2) is 11.5. The summed E-state index contributed by atoms with van der Waals surface area (Å²) in [4.78, 5) is 26.1. The largest absolute Gasteiger partial charge is 0.507 e. The van der Waals surface area contributed by atoms with Crippen LogP contribution in [0.25, 0.3) is 11.3 Å². The second-order valence-electron chi connectivity index (χ2n) is 9.42. The number of phenols is 1. The first-order valence-electron chi connectivity index (χ1n) is 12.5. The van der Waals surface area contributed by atoms with Crippen molar-refractivity contribution in [3.63, 3.8) is 0 Å². The molecule has 1 aliphatic carbocycles. The van der Waals surface area contributed by atoms with Crippen molar-refractivity contribution in [1.82, 2.24) is 15.1 Å². The van der Waals surface area contributed by atoms with Gasteiger partial charge in [-0.3, -0.25) is 4.79 Å². The van der Waals surface area contributed by atoms with Gasteiger partial charge in [0.1, 0.15) is 11.6 Å². The lowest BCUT2D eigenvalue weighted by Crippen LogP contribution is -2.30. The zero-order valence-corrected chi connectivity index (χ0v) is 22.3. The number of aromatic nitrogens is 2. The van der Waals surface area contributed by atoms with Gasteiger partial charge in [0, 0.05) is 23.7 Å². The van der Waals surface area contributed by atoms with Crippen LogP contribution in [-0.2, 0) is 6.54 Å². The Morgan fingerprint density at radius 1 is 1.00 bits per heavy atom. The minimum absolute atomic E-state index is 0.0573. The number of rotatable bonds is 6. The summed E-state index contributed by atoms with van der Waals surface area (Å²) in [5.41, 5.74) is 2.76. The first-order chi connectivity index (χ1) is 18.8. The molecule has 1 saturated carbocycles. The van der Waals surface area contributed by atoms with Crippen LogP contribution in [0.2, 0.25) is 10.0 Å². The molecule has 0 spiro atoms. The highest BCUT2D eigenvalue weighted by Gasteiger charge is 2.26. The Bertz CT molecular complexity index is 1510. The van der Waals surface area contributed by atoms with E-state index in [4.69, 9.17) is 23.2 Å². The molecule has 0 aliphatic heterocycles. The molecule has 1 aliphatic rings. The number of halogens is 3. The number of hydrogen-bond acceptors (Lipinski definition) is 4. The summed E-state index contributed by atoms with van der Waals surface area (Å²) in [5, 5.41) is 21.2. The number of carbonyl (C=O) groups is 2. The minimum Gasteiger partial charge on any atom is -0.507 e. The van der Waals surface area contributed by atoms with Gasteiger partial charge in [-0.2, -0.15) is 9.78 Å². The highest BCUT2D eigenvalue weighted by molar-refractivity contribution is 6.40. The molecule has 39 heavy (non-hydrogen) atoms. The molecule has 0 saturated heterocycles. The van der Waals surface area contributed by atoms with Gasteiger partial charge in [0.15, 0.2) is 0 Å². The van der Waals surface area contributed by atoms with Gasteiger partial charge in [0.25, 0.3) is 5.91 Å². The van der Waals surface area contributed by atoms with Crippen molar-refractivity contribution >= 4 is 40.8 Å². The van der Waals surface area contributed by atoms with Gasteiger partial charge in [-0.15, -0.1) is 0 Å². The molecule has 3 N–H and O–H groups in total. The molecule has 1 fully saturated rings. The highest BCUT2D eigenvalue weighted by Crippen LogP contribution is 2.38. The lowest BCUT2D eigenvalue weighted by Gasteiger charge is -2.12. The van der Waals surface area contributed by atoms with Crippen molar-refractivity contribution in [1.29, 1.82) is 0 Å². The maximum absolute atomic E-state index is 13.2. The molecule has 0 unspecified atom stereocenters. The summed E-state index contributed by atoms with van der Waals surface area (Å²) in [6.07, 6.45) is 3.97. The molecule has 1 heterocycles. The predicted molar refractivity (Wildman–Crippen MR) is 149 cm³/mol. The number of nitrogens with one attached hydrogen (secondary N) is 2. The van der Waals surface area contributed by atoms with Gasteiger partial charge < -0.3 is 15.7 Å². The van der Waals surface area contributed by atoms with Gasteiger partial charge in [-0.25, -0.2) is 9.18 Å². The Kier molecular flexibility index (Phi) is 7.86. The van der Waals surface area contributed by atoms with Crippen molar-refractivity contribution in [3.8, 4) is 17.0 Å². The fraction of sp³-hybridized carbons (Fsp3) is 0.207. The lowest BCUT2D eigenvalue weighted by molar-refractivity contribution is 0.102. The number of amides is 2. The van der Waals surface area contributed by atoms with Crippen LogP contribution in [0.15, 0.2) is 66.7 Å². The normalized spacial score (nSPS) is 13.4. The van der Waals surface area contributed by atoms with Crippen molar-refractivity contribution < 1.29 is 19.1 Å². The highest BCUT2D eigenvalue weighted by atomic mass is 35.5. The molecule has 1 aromatic heterocycles. The van der Waals surface area contributed by atoms with E-state index in [9.17, 15) is 19.1 Å². The van der Waals surface area contributed by atoms with Crippen LogP contribution in [0, 0.1) is 5.82 Å². The van der Waals surface area contributed by atoms with Crippen LogP contribution in [0.5, 0.6) is 5.75 Å². The van der Waals surface area contributed by atoms with E-state index >= 15 is 0 Å². The zero-order chi connectivity index (χ0) is 27.5. The van der Waals surface area contributed by atoms with Crippen LogP contribution >= 0.6 is 23.2 Å². The van der Waals surface area contributed by atoms with E-state index < -0.39 is 11.9 Å².